The van der Waals surface area contributed by atoms with Gasteiger partial charge in [0, 0.05) is 5.56 Å². The molecule has 4 rings (SSSR count). The number of ether oxygens (including phenoxy) is 1. The molecule has 4 aromatic carbocycles. The molecule has 0 aliphatic rings. The van der Waals surface area contributed by atoms with Crippen molar-refractivity contribution in [3.63, 3.8) is 0 Å². The number of aryl methyl sites for hydroxylation is 3. The van der Waals surface area contributed by atoms with Gasteiger partial charge in [0.2, 0.25) is 0 Å². The van der Waals surface area contributed by atoms with Crippen LogP contribution in [0.3, 0.4) is 0 Å². The number of thioether (sulfide) groups is 1. The van der Waals surface area contributed by atoms with Crippen LogP contribution in [0.15, 0.2) is 97.1 Å². The third-order valence-corrected chi connectivity index (χ3v) is 7.25. The van der Waals surface area contributed by atoms with Gasteiger partial charge in [0.1, 0.15) is 17.5 Å². The molecule has 0 heterocycles. The van der Waals surface area contributed by atoms with E-state index in [0.29, 0.717) is 17.7 Å². The summed E-state index contributed by atoms with van der Waals surface area (Å²) in [6, 6.07) is 30.6. The molecule has 0 radical (unpaired) electrons. The number of carbonyl (C=O) groups is 2. The first-order chi connectivity index (χ1) is 19.0. The van der Waals surface area contributed by atoms with E-state index in [1.54, 1.807) is 11.8 Å². The number of carbonyl (C=O) groups excluding carboxylic acids is 1. The summed E-state index contributed by atoms with van der Waals surface area (Å²) in [4.78, 5) is 25.1. The van der Waals surface area contributed by atoms with E-state index in [-0.39, 0.29) is 24.8 Å². The van der Waals surface area contributed by atoms with Crippen molar-refractivity contribution in [2.24, 2.45) is 0 Å². The molecule has 1 atom stereocenters. The standard InChI is InChI=1S/C33H33NO4S.Li.H/c1-23-10-6-8-14-27(23)29-22-24(17-19-28(29)32(35)34-30(33(36)37)20-21-39-2)16-18-25-11-7-9-15-31(25)38-26-12-4-3-5-13-26;;/h3-15,17,19,22,30H,16,18,20-21H2,1-2H3,(H,34,35)(H,36,37);;. The zero-order chi connectivity index (χ0) is 27.6. The van der Waals surface area contributed by atoms with Gasteiger partial charge in [0.05, 0.1) is 0 Å². The van der Waals surface area contributed by atoms with Crippen LogP contribution in [0.5, 0.6) is 11.5 Å². The summed E-state index contributed by atoms with van der Waals surface area (Å²) in [5.74, 6) is 0.858. The summed E-state index contributed by atoms with van der Waals surface area (Å²) < 4.78 is 6.14. The Bertz CT molecular complexity index is 1430. The summed E-state index contributed by atoms with van der Waals surface area (Å²) in [5.41, 5.74) is 5.44. The van der Waals surface area contributed by atoms with E-state index in [0.717, 1.165) is 52.2 Å². The van der Waals surface area contributed by atoms with Gasteiger partial charge in [-0.05, 0) is 90.3 Å². The predicted octanol–water partition coefficient (Wildman–Crippen LogP) is 6.53. The summed E-state index contributed by atoms with van der Waals surface area (Å²) in [5, 5.41) is 12.4. The molecule has 4 aromatic rings. The van der Waals surface area contributed by atoms with Crippen LogP contribution in [-0.2, 0) is 17.6 Å². The Morgan fingerprint density at radius 3 is 2.30 bits per heavy atom. The van der Waals surface area contributed by atoms with Crippen LogP contribution in [0, 0.1) is 6.92 Å². The fraction of sp³-hybridized carbons (Fsp3) is 0.212. The summed E-state index contributed by atoms with van der Waals surface area (Å²) >= 11 is 1.56. The second-order valence-corrected chi connectivity index (χ2v) is 10.3. The molecule has 7 heteroatoms. The second kappa shape index (κ2) is 15.4. The summed E-state index contributed by atoms with van der Waals surface area (Å²) in [7, 11) is 0. The number of hydrogen-bond acceptors (Lipinski definition) is 4. The fourth-order valence-corrected chi connectivity index (χ4v) is 4.95. The molecule has 0 aliphatic carbocycles. The molecule has 5 nitrogen and oxygen atoms in total. The van der Waals surface area contributed by atoms with Crippen LogP contribution in [0.2, 0.25) is 0 Å². The van der Waals surface area contributed by atoms with Crippen LogP contribution < -0.4 is 10.1 Å². The van der Waals surface area contributed by atoms with Crippen LogP contribution in [0.25, 0.3) is 11.1 Å². The van der Waals surface area contributed by atoms with Crippen LogP contribution >= 0.6 is 11.8 Å². The van der Waals surface area contributed by atoms with Crippen LogP contribution in [-0.4, -0.2) is 53.9 Å². The minimum absolute atomic E-state index is 0. The Morgan fingerprint density at radius 2 is 1.57 bits per heavy atom. The number of benzene rings is 4. The maximum absolute atomic E-state index is 13.3. The van der Waals surface area contributed by atoms with E-state index >= 15 is 0 Å². The van der Waals surface area contributed by atoms with Crippen LogP contribution in [0.1, 0.15) is 33.5 Å². The Kier molecular flexibility index (Phi) is 12.0. The zero-order valence-corrected chi connectivity index (χ0v) is 23.0. The molecule has 1 amide bonds. The molecular weight excluding hydrogens is 513 g/mol. The van der Waals surface area contributed by atoms with Gasteiger partial charge in [-0.3, -0.25) is 4.79 Å². The molecule has 0 aliphatic heterocycles. The first-order valence-corrected chi connectivity index (χ1v) is 14.4. The van der Waals surface area contributed by atoms with E-state index in [4.69, 9.17) is 4.74 Å². The van der Waals surface area contributed by atoms with Crippen molar-refractivity contribution in [2.45, 2.75) is 32.2 Å². The molecule has 2 N–H and O–H groups in total. The number of carboxylic acid groups (broad SMARTS) is 1. The molecule has 0 saturated heterocycles. The van der Waals surface area contributed by atoms with Gasteiger partial charge in [0.25, 0.3) is 5.91 Å². The average Bonchev–Trinajstić information content (AvgIpc) is 2.95. The topological polar surface area (TPSA) is 75.6 Å². The van der Waals surface area contributed by atoms with E-state index in [9.17, 15) is 14.7 Å². The quantitative estimate of drug-likeness (QED) is 0.197. The van der Waals surface area contributed by atoms with Crippen molar-refractivity contribution < 1.29 is 19.4 Å². The van der Waals surface area contributed by atoms with Gasteiger partial charge < -0.3 is 15.2 Å². The van der Waals surface area contributed by atoms with Crippen molar-refractivity contribution in [3.8, 4) is 22.6 Å². The van der Waals surface area contributed by atoms with Gasteiger partial charge in [-0.1, -0.05) is 72.8 Å². The van der Waals surface area contributed by atoms with Gasteiger partial charge in [-0.15, -0.1) is 0 Å². The number of aliphatic carboxylic acids is 1. The molecular formula is C33H34LiNO4S. The summed E-state index contributed by atoms with van der Waals surface area (Å²) in [6.45, 7) is 2.01. The van der Waals surface area contributed by atoms with Crippen molar-refractivity contribution in [2.75, 3.05) is 12.0 Å². The first kappa shape index (κ1) is 31.1. The third kappa shape index (κ3) is 8.28. The number of carboxylic acids is 1. The van der Waals surface area contributed by atoms with E-state index in [1.165, 1.54) is 0 Å². The van der Waals surface area contributed by atoms with Crippen LogP contribution in [0.4, 0.5) is 0 Å². The van der Waals surface area contributed by atoms with E-state index in [2.05, 4.69) is 17.4 Å². The Labute approximate surface area is 252 Å². The van der Waals surface area contributed by atoms with Crippen molar-refractivity contribution in [1.82, 2.24) is 5.32 Å². The van der Waals surface area contributed by atoms with E-state index in [1.807, 2.05) is 98.1 Å². The Hall–Kier alpha value is -3.43. The van der Waals surface area contributed by atoms with Crippen molar-refractivity contribution >= 4 is 42.5 Å². The zero-order valence-electron chi connectivity index (χ0n) is 22.2. The first-order valence-electron chi connectivity index (χ1n) is 13.0. The molecule has 40 heavy (non-hydrogen) atoms. The number of para-hydroxylation sites is 2. The number of nitrogens with one attached hydrogen (secondary N) is 1. The third-order valence-electron chi connectivity index (χ3n) is 6.60. The molecule has 0 bridgehead atoms. The average molecular weight is 548 g/mol. The number of rotatable bonds is 12. The van der Waals surface area contributed by atoms with Gasteiger partial charge in [-0.25, -0.2) is 4.79 Å². The van der Waals surface area contributed by atoms with E-state index < -0.39 is 12.0 Å². The Morgan fingerprint density at radius 1 is 0.875 bits per heavy atom. The molecule has 0 aromatic heterocycles. The number of hydrogen-bond donors (Lipinski definition) is 2. The molecule has 0 fully saturated rings. The molecule has 1 unspecified atom stereocenters. The number of amides is 1. The second-order valence-electron chi connectivity index (χ2n) is 9.36. The van der Waals surface area contributed by atoms with Gasteiger partial charge in [-0.2, -0.15) is 11.8 Å². The summed E-state index contributed by atoms with van der Waals surface area (Å²) in [6.07, 6.45) is 3.80. The van der Waals surface area contributed by atoms with Gasteiger partial charge >= 0.3 is 24.8 Å². The van der Waals surface area contributed by atoms with Crippen molar-refractivity contribution in [1.29, 1.82) is 0 Å². The fourth-order valence-electron chi connectivity index (χ4n) is 4.48. The molecule has 0 saturated carbocycles. The molecule has 0 spiro atoms. The normalized spacial score (nSPS) is 11.2. The van der Waals surface area contributed by atoms with Crippen molar-refractivity contribution in [3.05, 3.63) is 119 Å². The minimum atomic E-state index is -1.03. The van der Waals surface area contributed by atoms with Gasteiger partial charge in [0.15, 0.2) is 0 Å². The maximum atomic E-state index is 13.3. The predicted molar refractivity (Wildman–Crippen MR) is 166 cm³/mol. The SMILES string of the molecule is CSCCC(NC(=O)c1ccc(CCc2ccccc2Oc2ccccc2)cc1-c1ccccc1C)C(=O)O.[LiH]. The monoisotopic (exact) mass is 547 g/mol. The Balaban J connectivity index is 0.00000441. The molecule has 202 valence electrons.